The van der Waals surface area contributed by atoms with Crippen LogP contribution in [0.4, 0.5) is 0 Å². The van der Waals surface area contributed by atoms with Gasteiger partial charge < -0.3 is 5.32 Å². The molecule has 0 radical (unpaired) electrons. The smallest absolute Gasteiger partial charge is 0.193 e. The summed E-state index contributed by atoms with van der Waals surface area (Å²) in [5.74, 6) is 0. The first-order valence-corrected chi connectivity index (χ1v) is 8.50. The molecule has 3 rings (SSSR count). The fourth-order valence-electron chi connectivity index (χ4n) is 2.08. The lowest BCUT2D eigenvalue weighted by Crippen LogP contribution is -2.17. The van der Waals surface area contributed by atoms with Gasteiger partial charge in [0.1, 0.15) is 0 Å². The summed E-state index contributed by atoms with van der Waals surface area (Å²) in [5, 5.41) is 5.44. The number of thiophene rings is 1. The molecule has 0 fully saturated rings. The van der Waals surface area contributed by atoms with E-state index in [-0.39, 0.29) is 0 Å². The molecule has 3 aromatic rings. The van der Waals surface area contributed by atoms with Crippen LogP contribution in [-0.4, -0.2) is 16.4 Å². The fraction of sp³-hybridized carbons (Fsp3) is 0.308. The van der Waals surface area contributed by atoms with Crippen molar-refractivity contribution in [2.24, 2.45) is 0 Å². The summed E-state index contributed by atoms with van der Waals surface area (Å²) in [6.45, 7) is 2.13. The molecule has 3 nitrogen and oxygen atoms in total. The molecule has 6 heteroatoms. The average molecular weight is 356 g/mol. The Kier molecular flexibility index (Phi) is 3.75. The van der Waals surface area contributed by atoms with Gasteiger partial charge in [0.05, 0.1) is 9.48 Å². The normalized spacial score (nSPS) is 13.2. The summed E-state index contributed by atoms with van der Waals surface area (Å²) in [6.07, 6.45) is 5.08. The summed E-state index contributed by atoms with van der Waals surface area (Å²) < 4.78 is 3.30. The quantitative estimate of drug-likeness (QED) is 0.765. The predicted octanol–water partition coefficient (Wildman–Crippen LogP) is 4.03. The summed E-state index contributed by atoms with van der Waals surface area (Å²) in [5.41, 5.74) is 2.43. The Balaban J connectivity index is 1.84. The van der Waals surface area contributed by atoms with Gasteiger partial charge in [0, 0.05) is 35.1 Å². The van der Waals surface area contributed by atoms with Crippen LogP contribution in [0.1, 0.15) is 22.2 Å². The molecular formula is C13H14BrN3S2. The third kappa shape index (κ3) is 2.63. The van der Waals surface area contributed by atoms with Crippen molar-refractivity contribution in [1.29, 1.82) is 0 Å². The molecule has 0 saturated heterocycles. The van der Waals surface area contributed by atoms with E-state index in [1.165, 1.54) is 14.2 Å². The number of likely N-dealkylation sites (N-methyl/N-ethyl adjacent to an activating group) is 1. The van der Waals surface area contributed by atoms with E-state index in [2.05, 4.69) is 61.4 Å². The van der Waals surface area contributed by atoms with Gasteiger partial charge in [-0.15, -0.1) is 22.7 Å². The molecule has 0 aromatic carbocycles. The van der Waals surface area contributed by atoms with E-state index in [9.17, 15) is 0 Å². The van der Waals surface area contributed by atoms with Crippen molar-refractivity contribution in [3.8, 4) is 0 Å². The number of aryl methyl sites for hydroxylation is 1. The van der Waals surface area contributed by atoms with Gasteiger partial charge in [0.2, 0.25) is 0 Å². The van der Waals surface area contributed by atoms with E-state index in [0.717, 1.165) is 17.1 Å². The largest absolute Gasteiger partial charge is 0.312 e. The van der Waals surface area contributed by atoms with Crippen molar-refractivity contribution in [2.75, 3.05) is 7.05 Å². The van der Waals surface area contributed by atoms with Crippen molar-refractivity contribution in [3.05, 3.63) is 43.8 Å². The Morgan fingerprint density at radius 2 is 2.37 bits per heavy atom. The van der Waals surface area contributed by atoms with Crippen LogP contribution in [0.3, 0.4) is 0 Å². The summed E-state index contributed by atoms with van der Waals surface area (Å²) in [7, 11) is 2.01. The minimum Gasteiger partial charge on any atom is -0.312 e. The summed E-state index contributed by atoms with van der Waals surface area (Å²) in [6, 6.07) is 2.56. The minimum absolute atomic E-state index is 0.319. The second kappa shape index (κ2) is 5.36. The van der Waals surface area contributed by atoms with Gasteiger partial charge in [0.15, 0.2) is 4.96 Å². The third-order valence-electron chi connectivity index (χ3n) is 3.12. The Bertz CT molecular complexity index is 650. The SMILES string of the molecule is CNC(Cc1cn2ccsc2n1)c1cc(C)c(Br)s1. The lowest BCUT2D eigenvalue weighted by Gasteiger charge is -2.12. The van der Waals surface area contributed by atoms with E-state index in [4.69, 9.17) is 0 Å². The Labute approximate surface area is 128 Å². The van der Waals surface area contributed by atoms with Crippen molar-refractivity contribution < 1.29 is 0 Å². The molecule has 0 aliphatic carbocycles. The van der Waals surface area contributed by atoms with Gasteiger partial charge in [-0.25, -0.2) is 4.98 Å². The minimum atomic E-state index is 0.319. The number of hydrogen-bond acceptors (Lipinski definition) is 4. The molecular weight excluding hydrogens is 342 g/mol. The number of aromatic nitrogens is 2. The molecule has 19 heavy (non-hydrogen) atoms. The molecule has 100 valence electrons. The molecule has 0 bridgehead atoms. The van der Waals surface area contributed by atoms with Crippen LogP contribution in [0, 0.1) is 6.92 Å². The predicted molar refractivity (Wildman–Crippen MR) is 85.3 cm³/mol. The fourth-order valence-corrected chi connectivity index (χ4v) is 4.48. The number of hydrogen-bond donors (Lipinski definition) is 1. The molecule has 0 aliphatic heterocycles. The molecule has 0 saturated carbocycles. The highest BCUT2D eigenvalue weighted by atomic mass is 79.9. The zero-order valence-corrected chi connectivity index (χ0v) is 13.9. The summed E-state index contributed by atoms with van der Waals surface area (Å²) >= 11 is 7.06. The first-order chi connectivity index (χ1) is 9.17. The molecule has 0 amide bonds. The first kappa shape index (κ1) is 13.3. The van der Waals surface area contributed by atoms with E-state index in [1.807, 2.05) is 7.05 Å². The van der Waals surface area contributed by atoms with Gasteiger partial charge in [-0.1, -0.05) is 0 Å². The Morgan fingerprint density at radius 1 is 1.53 bits per heavy atom. The highest BCUT2D eigenvalue weighted by Gasteiger charge is 2.16. The van der Waals surface area contributed by atoms with Crippen LogP contribution in [0.15, 0.2) is 27.6 Å². The molecule has 3 aromatic heterocycles. The molecule has 0 aliphatic rings. The molecule has 1 N–H and O–H groups in total. The number of fused-ring (bicyclic) bond motifs is 1. The van der Waals surface area contributed by atoms with Crippen molar-refractivity contribution in [2.45, 2.75) is 19.4 Å². The average Bonchev–Trinajstić information content (AvgIpc) is 3.02. The van der Waals surface area contributed by atoms with Crippen LogP contribution in [-0.2, 0) is 6.42 Å². The van der Waals surface area contributed by atoms with Crippen molar-refractivity contribution in [3.63, 3.8) is 0 Å². The van der Waals surface area contributed by atoms with Gasteiger partial charge in [-0.3, -0.25) is 4.40 Å². The number of imidazole rings is 1. The third-order valence-corrected chi connectivity index (χ3v) is 6.15. The highest BCUT2D eigenvalue weighted by molar-refractivity contribution is 9.11. The number of nitrogens with zero attached hydrogens (tertiary/aromatic N) is 2. The first-order valence-electron chi connectivity index (χ1n) is 6.01. The number of thiazole rings is 1. The molecule has 3 heterocycles. The van der Waals surface area contributed by atoms with Crippen LogP contribution in [0.2, 0.25) is 0 Å². The van der Waals surface area contributed by atoms with E-state index in [1.54, 1.807) is 22.7 Å². The maximum atomic E-state index is 4.65. The monoisotopic (exact) mass is 355 g/mol. The van der Waals surface area contributed by atoms with E-state index in [0.29, 0.717) is 6.04 Å². The van der Waals surface area contributed by atoms with Gasteiger partial charge in [-0.2, -0.15) is 0 Å². The molecule has 1 unspecified atom stereocenters. The maximum Gasteiger partial charge on any atom is 0.193 e. The topological polar surface area (TPSA) is 29.3 Å². The summed E-state index contributed by atoms with van der Waals surface area (Å²) in [4.78, 5) is 7.06. The number of halogens is 1. The van der Waals surface area contributed by atoms with Crippen LogP contribution in [0.25, 0.3) is 4.96 Å². The number of nitrogens with one attached hydrogen (secondary N) is 1. The van der Waals surface area contributed by atoms with Gasteiger partial charge >= 0.3 is 0 Å². The van der Waals surface area contributed by atoms with Crippen LogP contribution in [0.5, 0.6) is 0 Å². The zero-order chi connectivity index (χ0) is 13.4. The zero-order valence-electron chi connectivity index (χ0n) is 10.7. The Morgan fingerprint density at radius 3 is 3.00 bits per heavy atom. The van der Waals surface area contributed by atoms with Gasteiger partial charge in [0.25, 0.3) is 0 Å². The van der Waals surface area contributed by atoms with E-state index >= 15 is 0 Å². The molecule has 1 atom stereocenters. The van der Waals surface area contributed by atoms with Crippen molar-refractivity contribution >= 4 is 43.6 Å². The highest BCUT2D eigenvalue weighted by Crippen LogP contribution is 2.32. The lowest BCUT2D eigenvalue weighted by atomic mass is 10.1. The van der Waals surface area contributed by atoms with Crippen molar-refractivity contribution in [1.82, 2.24) is 14.7 Å². The van der Waals surface area contributed by atoms with Crippen LogP contribution >= 0.6 is 38.6 Å². The Hall–Kier alpha value is -0.690. The van der Waals surface area contributed by atoms with Crippen LogP contribution < -0.4 is 5.32 Å². The second-order valence-electron chi connectivity index (χ2n) is 4.48. The molecule has 0 spiro atoms. The lowest BCUT2D eigenvalue weighted by molar-refractivity contribution is 0.595. The van der Waals surface area contributed by atoms with E-state index < -0.39 is 0 Å². The van der Waals surface area contributed by atoms with Gasteiger partial charge in [-0.05, 0) is 41.5 Å². The standard InChI is InChI=1S/C13H14BrN3S2/c1-8-5-11(19-12(8)14)10(15-2)6-9-7-17-3-4-18-13(17)16-9/h3-5,7,10,15H,6H2,1-2H3. The second-order valence-corrected chi connectivity index (χ2v) is 7.75. The number of rotatable bonds is 4. The maximum absolute atomic E-state index is 4.65.